The average molecular weight is 504 g/mol. The highest BCUT2D eigenvalue weighted by Gasteiger charge is 2.37. The van der Waals surface area contributed by atoms with Crippen LogP contribution in [0.1, 0.15) is 104 Å². The van der Waals surface area contributed by atoms with Crippen molar-refractivity contribution in [3.8, 4) is 11.8 Å². The first kappa shape index (κ1) is 28.5. The molecular weight excluding hydrogens is 462 g/mol. The zero-order valence-corrected chi connectivity index (χ0v) is 23.4. The van der Waals surface area contributed by atoms with Crippen molar-refractivity contribution in [3.05, 3.63) is 69.8 Å². The highest BCUT2D eigenvalue weighted by atomic mass is 16.4. The van der Waals surface area contributed by atoms with Crippen LogP contribution in [0.5, 0.6) is 0 Å². The van der Waals surface area contributed by atoms with Gasteiger partial charge in [-0.3, -0.25) is 4.79 Å². The van der Waals surface area contributed by atoms with E-state index in [1.165, 1.54) is 31.4 Å². The molecule has 0 unspecified atom stereocenters. The quantitative estimate of drug-likeness (QED) is 0.454. The van der Waals surface area contributed by atoms with Gasteiger partial charge in [0.2, 0.25) is 0 Å². The van der Waals surface area contributed by atoms with Crippen molar-refractivity contribution in [1.29, 1.82) is 0 Å². The van der Waals surface area contributed by atoms with E-state index in [0.717, 1.165) is 60.8 Å². The third kappa shape index (κ3) is 5.45. The minimum absolute atomic E-state index is 0.237. The summed E-state index contributed by atoms with van der Waals surface area (Å²) >= 11 is 0. The van der Waals surface area contributed by atoms with Crippen molar-refractivity contribution in [1.82, 2.24) is 4.90 Å². The van der Waals surface area contributed by atoms with Gasteiger partial charge in [0.05, 0.1) is 0 Å². The lowest BCUT2D eigenvalue weighted by Crippen LogP contribution is -2.50. The van der Waals surface area contributed by atoms with Crippen molar-refractivity contribution in [3.63, 3.8) is 0 Å². The molecule has 1 amide bonds. The van der Waals surface area contributed by atoms with Gasteiger partial charge in [0.15, 0.2) is 0 Å². The first-order valence-corrected chi connectivity index (χ1v) is 13.3. The number of hydrogen-bond donors (Lipinski definition) is 2. The lowest BCUT2D eigenvalue weighted by molar-refractivity contribution is -0.147. The summed E-state index contributed by atoms with van der Waals surface area (Å²) in [5, 5.41) is 20.2. The molecule has 0 atom stereocenters. The van der Waals surface area contributed by atoms with Crippen molar-refractivity contribution >= 4 is 11.9 Å². The Bertz CT molecular complexity index is 1240. The molecule has 1 saturated carbocycles. The fourth-order valence-electron chi connectivity index (χ4n) is 5.38. The van der Waals surface area contributed by atoms with Gasteiger partial charge in [-0.25, -0.2) is 4.79 Å². The molecule has 5 heteroatoms. The van der Waals surface area contributed by atoms with E-state index in [1.54, 1.807) is 0 Å². The highest BCUT2D eigenvalue weighted by molar-refractivity contribution is 5.98. The second kappa shape index (κ2) is 10.7. The molecule has 0 spiro atoms. The Morgan fingerprint density at radius 2 is 1.51 bits per heavy atom. The minimum atomic E-state index is -1.31. The van der Waals surface area contributed by atoms with Gasteiger partial charge in [0, 0.05) is 23.6 Å². The molecule has 2 aromatic carbocycles. The number of carbonyl (C=O) groups excluding carboxylic acids is 1. The van der Waals surface area contributed by atoms with Crippen LogP contribution in [0.25, 0.3) is 0 Å². The molecule has 1 fully saturated rings. The lowest BCUT2D eigenvalue weighted by atomic mass is 9.69. The van der Waals surface area contributed by atoms with Crippen LogP contribution in [0.3, 0.4) is 0 Å². The fourth-order valence-corrected chi connectivity index (χ4v) is 5.38. The van der Waals surface area contributed by atoms with E-state index >= 15 is 0 Å². The Hall–Kier alpha value is -3.10. The Morgan fingerprint density at radius 1 is 0.973 bits per heavy atom. The van der Waals surface area contributed by atoms with Crippen LogP contribution < -0.4 is 0 Å². The molecule has 37 heavy (non-hydrogen) atoms. The Kier molecular flexibility index (Phi) is 8.24. The van der Waals surface area contributed by atoms with E-state index in [0.29, 0.717) is 5.56 Å². The molecular formula is C32H41NO4. The standard InChI is InChI=1S/C32H41NO4/c1-8-32(9-2,25-13-12-24(22(3)20-25)16-19-31(37)17-10-11-18-31)26-14-15-27(23(4)21-26)28(34)33(7)30(5,6)29(35)36/h12-15,20-21,37H,8-11,17-18H2,1-7H3,(H,35,36). The molecule has 3 rings (SSSR count). The molecule has 0 aromatic heterocycles. The van der Waals surface area contributed by atoms with Gasteiger partial charge in [-0.05, 0) is 101 Å². The maximum Gasteiger partial charge on any atom is 0.329 e. The number of amides is 1. The van der Waals surface area contributed by atoms with E-state index in [-0.39, 0.29) is 11.3 Å². The fraction of sp³-hybridized carbons (Fsp3) is 0.500. The number of aryl methyl sites for hydroxylation is 2. The molecule has 2 N–H and O–H groups in total. The summed E-state index contributed by atoms with van der Waals surface area (Å²) in [5.74, 6) is 4.99. The molecule has 0 heterocycles. The first-order valence-electron chi connectivity index (χ1n) is 13.3. The van der Waals surface area contributed by atoms with Crippen molar-refractivity contribution in [2.75, 3.05) is 7.05 Å². The van der Waals surface area contributed by atoms with Crippen LogP contribution in [-0.2, 0) is 10.2 Å². The smallest absolute Gasteiger partial charge is 0.329 e. The lowest BCUT2D eigenvalue weighted by Gasteiger charge is -2.35. The summed E-state index contributed by atoms with van der Waals surface area (Å²) in [6, 6.07) is 12.3. The van der Waals surface area contributed by atoms with E-state index in [1.807, 2.05) is 19.1 Å². The average Bonchev–Trinajstić information content (AvgIpc) is 3.30. The summed E-state index contributed by atoms with van der Waals surface area (Å²) in [6.45, 7) is 11.4. The molecule has 5 nitrogen and oxygen atoms in total. The van der Waals surface area contributed by atoms with Gasteiger partial charge in [-0.1, -0.05) is 50.0 Å². The SMILES string of the molecule is CCC(CC)(c1ccc(C#CC2(O)CCCC2)c(C)c1)c1ccc(C(=O)N(C)C(C)(C)C(=O)O)c(C)c1. The van der Waals surface area contributed by atoms with Gasteiger partial charge in [-0.2, -0.15) is 0 Å². The summed E-state index contributed by atoms with van der Waals surface area (Å²) in [5.41, 5.74) is 3.27. The van der Waals surface area contributed by atoms with Crippen LogP contribution in [0.15, 0.2) is 36.4 Å². The molecule has 198 valence electrons. The number of nitrogens with zero attached hydrogens (tertiary/aromatic N) is 1. The van der Waals surface area contributed by atoms with Crippen LogP contribution in [-0.4, -0.2) is 45.2 Å². The maximum atomic E-state index is 13.2. The molecule has 2 aromatic rings. The number of benzene rings is 2. The normalized spacial score (nSPS) is 15.1. The summed E-state index contributed by atoms with van der Waals surface area (Å²) in [4.78, 5) is 26.1. The second-order valence-electron chi connectivity index (χ2n) is 11.1. The van der Waals surface area contributed by atoms with Gasteiger partial charge < -0.3 is 15.1 Å². The molecule has 1 aliphatic rings. The zero-order valence-electron chi connectivity index (χ0n) is 23.4. The number of likely N-dealkylation sites (N-methyl/N-ethyl adjacent to an activating group) is 1. The van der Waals surface area contributed by atoms with Gasteiger partial charge >= 0.3 is 5.97 Å². The summed E-state index contributed by atoms with van der Waals surface area (Å²) in [6.07, 6.45) is 5.30. The van der Waals surface area contributed by atoms with Gasteiger partial charge in [0.1, 0.15) is 11.1 Å². The zero-order chi connectivity index (χ0) is 27.6. The largest absolute Gasteiger partial charge is 0.480 e. The third-order valence-corrected chi connectivity index (χ3v) is 8.52. The minimum Gasteiger partial charge on any atom is -0.480 e. The summed E-state index contributed by atoms with van der Waals surface area (Å²) in [7, 11) is 1.53. The molecule has 0 bridgehead atoms. The summed E-state index contributed by atoms with van der Waals surface area (Å²) < 4.78 is 0. The molecule has 0 saturated heterocycles. The number of rotatable bonds is 7. The number of hydrogen-bond acceptors (Lipinski definition) is 3. The van der Waals surface area contributed by atoms with E-state index in [9.17, 15) is 19.8 Å². The molecule has 0 aliphatic heterocycles. The van der Waals surface area contributed by atoms with E-state index < -0.39 is 17.1 Å². The molecule has 0 radical (unpaired) electrons. The monoisotopic (exact) mass is 503 g/mol. The maximum absolute atomic E-state index is 13.2. The number of carbonyl (C=O) groups is 2. The van der Waals surface area contributed by atoms with Gasteiger partial charge in [0.25, 0.3) is 5.91 Å². The number of aliphatic hydroxyl groups is 1. The van der Waals surface area contributed by atoms with Crippen molar-refractivity contribution in [2.24, 2.45) is 0 Å². The Morgan fingerprint density at radius 3 is 2.00 bits per heavy atom. The van der Waals surface area contributed by atoms with E-state index in [2.05, 4.69) is 56.9 Å². The van der Waals surface area contributed by atoms with Crippen LogP contribution in [0.4, 0.5) is 0 Å². The Balaban J connectivity index is 1.97. The predicted molar refractivity (Wildman–Crippen MR) is 148 cm³/mol. The van der Waals surface area contributed by atoms with E-state index in [4.69, 9.17) is 0 Å². The van der Waals surface area contributed by atoms with Crippen LogP contribution >= 0.6 is 0 Å². The topological polar surface area (TPSA) is 77.8 Å². The first-order chi connectivity index (χ1) is 17.3. The van der Waals surface area contributed by atoms with Crippen molar-refractivity contribution in [2.45, 2.75) is 96.6 Å². The van der Waals surface area contributed by atoms with Crippen molar-refractivity contribution < 1.29 is 19.8 Å². The number of aliphatic carboxylic acids is 1. The second-order valence-corrected chi connectivity index (χ2v) is 11.1. The number of carboxylic acids is 1. The predicted octanol–water partition coefficient (Wildman–Crippen LogP) is 6.00. The number of carboxylic acid groups (broad SMARTS) is 1. The molecule has 1 aliphatic carbocycles. The third-order valence-electron chi connectivity index (χ3n) is 8.52. The van der Waals surface area contributed by atoms with Crippen LogP contribution in [0, 0.1) is 25.7 Å². The van der Waals surface area contributed by atoms with Crippen LogP contribution in [0.2, 0.25) is 0 Å². The highest BCUT2D eigenvalue weighted by Crippen LogP contribution is 2.40. The van der Waals surface area contributed by atoms with Gasteiger partial charge in [-0.15, -0.1) is 0 Å². The Labute approximate surface area is 221 Å².